The van der Waals surface area contributed by atoms with Crippen molar-refractivity contribution >= 4 is 33.0 Å². The molecule has 1 heterocycles. The van der Waals surface area contributed by atoms with Gasteiger partial charge in [0.25, 0.3) is 10.0 Å². The van der Waals surface area contributed by atoms with Gasteiger partial charge < -0.3 is 10.2 Å². The van der Waals surface area contributed by atoms with Crippen molar-refractivity contribution in [2.75, 3.05) is 10.8 Å². The van der Waals surface area contributed by atoms with E-state index in [-0.39, 0.29) is 22.1 Å². The highest BCUT2D eigenvalue weighted by Crippen LogP contribution is 2.27. The molecule has 0 aliphatic carbocycles. The van der Waals surface area contributed by atoms with Crippen LogP contribution in [0.3, 0.4) is 0 Å². The van der Waals surface area contributed by atoms with Gasteiger partial charge in [-0.3, -0.25) is 4.31 Å². The van der Waals surface area contributed by atoms with Crippen LogP contribution in [0, 0.1) is 0 Å². The van der Waals surface area contributed by atoms with Crippen molar-refractivity contribution in [1.29, 1.82) is 0 Å². The number of hydrogen-bond acceptors (Lipinski definition) is 5. The second-order valence-electron chi connectivity index (χ2n) is 4.14. The molecule has 0 saturated heterocycles. The van der Waals surface area contributed by atoms with E-state index in [4.69, 9.17) is 5.11 Å². The van der Waals surface area contributed by atoms with Crippen molar-refractivity contribution in [2.24, 2.45) is 0 Å². The number of hydrogen-bond donors (Lipinski definition) is 2. The van der Waals surface area contributed by atoms with Gasteiger partial charge in [-0.05, 0) is 37.3 Å². The summed E-state index contributed by atoms with van der Waals surface area (Å²) in [6.45, 7) is 1.86. The van der Waals surface area contributed by atoms with Gasteiger partial charge in [-0.1, -0.05) is 0 Å². The van der Waals surface area contributed by atoms with E-state index in [1.807, 2.05) is 0 Å². The fourth-order valence-corrected chi connectivity index (χ4v) is 4.38. The van der Waals surface area contributed by atoms with Gasteiger partial charge in [0, 0.05) is 11.9 Å². The van der Waals surface area contributed by atoms with Gasteiger partial charge in [0.15, 0.2) is 0 Å². The molecular weight excluding hydrogens is 314 g/mol. The Hall–Kier alpha value is -2.06. The Morgan fingerprint density at radius 1 is 1.29 bits per heavy atom. The third-order valence-corrected chi connectivity index (χ3v) is 5.75. The lowest BCUT2D eigenvalue weighted by atomic mass is 10.3. The SMILES string of the molecule is CCN(c1ccc(O)cc1)S(=O)(=O)c1csc(C(=O)O)c1. The average molecular weight is 327 g/mol. The number of rotatable bonds is 5. The minimum absolute atomic E-state index is 0.0321. The maximum atomic E-state index is 12.6. The maximum Gasteiger partial charge on any atom is 0.345 e. The fourth-order valence-electron chi connectivity index (χ4n) is 1.80. The van der Waals surface area contributed by atoms with Crippen molar-refractivity contribution in [3.8, 4) is 5.75 Å². The molecule has 0 fully saturated rings. The largest absolute Gasteiger partial charge is 0.508 e. The van der Waals surface area contributed by atoms with Crippen LogP contribution >= 0.6 is 11.3 Å². The second-order valence-corrected chi connectivity index (χ2v) is 6.91. The minimum atomic E-state index is -3.83. The van der Waals surface area contributed by atoms with Gasteiger partial charge in [0.2, 0.25) is 0 Å². The summed E-state index contributed by atoms with van der Waals surface area (Å²) in [5, 5.41) is 19.5. The number of aromatic hydroxyl groups is 1. The molecule has 0 aliphatic rings. The monoisotopic (exact) mass is 327 g/mol. The van der Waals surface area contributed by atoms with Crippen LogP contribution in [-0.4, -0.2) is 31.1 Å². The molecule has 0 spiro atoms. The molecule has 0 saturated carbocycles. The number of carboxylic acids is 1. The Kier molecular flexibility index (Phi) is 4.19. The Bertz CT molecular complexity index is 749. The van der Waals surface area contributed by atoms with Gasteiger partial charge in [-0.2, -0.15) is 0 Å². The van der Waals surface area contributed by atoms with Crippen LogP contribution in [-0.2, 0) is 10.0 Å². The summed E-state index contributed by atoms with van der Waals surface area (Å²) in [6.07, 6.45) is 0. The minimum Gasteiger partial charge on any atom is -0.508 e. The smallest absolute Gasteiger partial charge is 0.345 e. The second kappa shape index (κ2) is 5.74. The van der Waals surface area contributed by atoms with Crippen LogP contribution in [0.15, 0.2) is 40.6 Å². The summed E-state index contributed by atoms with van der Waals surface area (Å²) in [5.41, 5.74) is 0.401. The lowest BCUT2D eigenvalue weighted by Gasteiger charge is -2.22. The molecular formula is C13H13NO5S2. The number of nitrogens with zero attached hydrogens (tertiary/aromatic N) is 1. The van der Waals surface area contributed by atoms with Gasteiger partial charge in [-0.25, -0.2) is 13.2 Å². The molecule has 0 amide bonds. The van der Waals surface area contributed by atoms with Gasteiger partial charge in [-0.15, -0.1) is 11.3 Å². The number of benzene rings is 1. The number of aromatic carboxylic acids is 1. The predicted octanol–water partition coefficient (Wildman–Crippen LogP) is 2.37. The van der Waals surface area contributed by atoms with Crippen LogP contribution in [0.2, 0.25) is 0 Å². The zero-order valence-electron chi connectivity index (χ0n) is 11.1. The van der Waals surface area contributed by atoms with Crippen molar-refractivity contribution < 1.29 is 23.4 Å². The molecule has 2 N–H and O–H groups in total. The summed E-state index contributed by atoms with van der Waals surface area (Å²) in [5.74, 6) is -1.12. The first-order valence-corrected chi connectivity index (χ1v) is 8.32. The van der Waals surface area contributed by atoms with E-state index in [0.29, 0.717) is 5.69 Å². The first-order valence-electron chi connectivity index (χ1n) is 6.00. The number of carboxylic acid groups (broad SMARTS) is 1. The molecule has 0 unspecified atom stereocenters. The Labute approximate surface area is 125 Å². The van der Waals surface area contributed by atoms with Crippen molar-refractivity contribution in [1.82, 2.24) is 0 Å². The van der Waals surface area contributed by atoms with Gasteiger partial charge in [0.1, 0.15) is 10.6 Å². The average Bonchev–Trinajstić information content (AvgIpc) is 2.92. The van der Waals surface area contributed by atoms with Crippen LogP contribution in [0.1, 0.15) is 16.6 Å². The molecule has 0 aliphatic heterocycles. The van der Waals surface area contributed by atoms with Crippen LogP contribution in [0.25, 0.3) is 0 Å². The fraction of sp³-hybridized carbons (Fsp3) is 0.154. The quantitative estimate of drug-likeness (QED) is 0.879. The number of phenolic OH excluding ortho intramolecular Hbond substituents is 1. The zero-order valence-corrected chi connectivity index (χ0v) is 12.7. The van der Waals surface area contributed by atoms with E-state index < -0.39 is 16.0 Å². The normalized spacial score (nSPS) is 11.3. The van der Waals surface area contributed by atoms with E-state index in [9.17, 15) is 18.3 Å². The van der Waals surface area contributed by atoms with Gasteiger partial charge in [0.05, 0.1) is 10.6 Å². The number of sulfonamides is 1. The topological polar surface area (TPSA) is 94.9 Å². The Morgan fingerprint density at radius 2 is 1.90 bits per heavy atom. The number of thiophene rings is 1. The third-order valence-electron chi connectivity index (χ3n) is 2.80. The highest BCUT2D eigenvalue weighted by molar-refractivity contribution is 7.93. The maximum absolute atomic E-state index is 12.6. The van der Waals surface area contributed by atoms with Crippen molar-refractivity contribution in [2.45, 2.75) is 11.8 Å². The van der Waals surface area contributed by atoms with Crippen LogP contribution in [0.5, 0.6) is 5.75 Å². The molecule has 21 heavy (non-hydrogen) atoms. The van der Waals surface area contributed by atoms with E-state index in [2.05, 4.69) is 0 Å². The summed E-state index contributed by atoms with van der Waals surface area (Å²) in [7, 11) is -3.83. The molecule has 0 atom stereocenters. The number of carbonyl (C=O) groups is 1. The lowest BCUT2D eigenvalue weighted by molar-refractivity contribution is 0.0702. The molecule has 0 radical (unpaired) electrons. The van der Waals surface area contributed by atoms with Crippen LogP contribution < -0.4 is 4.31 Å². The highest BCUT2D eigenvalue weighted by atomic mass is 32.2. The highest BCUT2D eigenvalue weighted by Gasteiger charge is 2.25. The van der Waals surface area contributed by atoms with Crippen molar-refractivity contribution in [3.05, 3.63) is 40.6 Å². The predicted molar refractivity (Wildman–Crippen MR) is 79.6 cm³/mol. The zero-order chi connectivity index (χ0) is 15.6. The van der Waals surface area contributed by atoms with Gasteiger partial charge >= 0.3 is 5.97 Å². The molecule has 6 nitrogen and oxygen atoms in total. The van der Waals surface area contributed by atoms with Crippen LogP contribution in [0.4, 0.5) is 5.69 Å². The molecule has 2 aromatic rings. The number of phenols is 1. The summed E-state index contributed by atoms with van der Waals surface area (Å²) in [6, 6.07) is 6.90. The standard InChI is InChI=1S/C13H13NO5S2/c1-2-14(9-3-5-10(15)6-4-9)21(18,19)11-7-12(13(16)17)20-8-11/h3-8,15H,2H2,1H3,(H,16,17). The Morgan fingerprint density at radius 3 is 2.38 bits per heavy atom. The first-order chi connectivity index (χ1) is 9.86. The molecule has 2 rings (SSSR count). The molecule has 0 bridgehead atoms. The van der Waals surface area contributed by atoms with E-state index >= 15 is 0 Å². The summed E-state index contributed by atoms with van der Waals surface area (Å²) < 4.78 is 26.3. The Balaban J connectivity index is 2.43. The molecule has 8 heteroatoms. The molecule has 1 aromatic carbocycles. The van der Waals surface area contributed by atoms with Crippen molar-refractivity contribution in [3.63, 3.8) is 0 Å². The van der Waals surface area contributed by atoms with E-state index in [0.717, 1.165) is 21.7 Å². The summed E-state index contributed by atoms with van der Waals surface area (Å²) in [4.78, 5) is 10.8. The van der Waals surface area contributed by atoms with E-state index in [1.54, 1.807) is 6.92 Å². The first kappa shape index (κ1) is 15.3. The lowest BCUT2D eigenvalue weighted by Crippen LogP contribution is -2.30. The number of anilines is 1. The summed E-state index contributed by atoms with van der Waals surface area (Å²) >= 11 is 0.865. The molecule has 1 aromatic heterocycles. The molecule has 112 valence electrons. The third kappa shape index (κ3) is 3.01. The van der Waals surface area contributed by atoms with E-state index in [1.165, 1.54) is 29.6 Å².